The minimum atomic E-state index is -0.844. The lowest BCUT2D eigenvalue weighted by atomic mass is 10.1. The van der Waals surface area contributed by atoms with Gasteiger partial charge >= 0.3 is 5.97 Å². The average molecular weight is 285 g/mol. The molecule has 0 saturated carbocycles. The van der Waals surface area contributed by atoms with Gasteiger partial charge in [0.1, 0.15) is 6.54 Å². The maximum absolute atomic E-state index is 11.0. The van der Waals surface area contributed by atoms with Gasteiger partial charge in [0.05, 0.1) is 6.42 Å². The normalized spacial score (nSPS) is 11.1. The van der Waals surface area contributed by atoms with Crippen molar-refractivity contribution >= 4 is 16.9 Å². The van der Waals surface area contributed by atoms with Crippen molar-refractivity contribution in [3.05, 3.63) is 47.7 Å². The molecule has 0 unspecified atom stereocenters. The predicted molar refractivity (Wildman–Crippen MR) is 76.1 cm³/mol. The molecule has 2 heterocycles. The van der Waals surface area contributed by atoms with Crippen LogP contribution in [0.5, 0.6) is 0 Å². The molecule has 0 spiro atoms. The van der Waals surface area contributed by atoms with E-state index in [2.05, 4.69) is 10.1 Å². The molecular formula is C15H15N3O3. The number of benzene rings is 1. The van der Waals surface area contributed by atoms with Gasteiger partial charge < -0.3 is 14.2 Å². The second-order valence-electron chi connectivity index (χ2n) is 4.83. The molecule has 6 heteroatoms. The molecule has 0 aliphatic heterocycles. The van der Waals surface area contributed by atoms with Gasteiger partial charge in [0.15, 0.2) is 5.82 Å². The zero-order valence-corrected chi connectivity index (χ0v) is 11.6. The van der Waals surface area contributed by atoms with E-state index in [1.54, 1.807) is 0 Å². The van der Waals surface area contributed by atoms with E-state index in [1.807, 2.05) is 42.0 Å². The second-order valence-corrected chi connectivity index (χ2v) is 4.83. The minimum absolute atomic E-state index is 0.00242. The Kier molecular flexibility index (Phi) is 3.43. The number of hydrogen-bond acceptors (Lipinski definition) is 4. The number of nitrogens with zero attached hydrogens (tertiary/aromatic N) is 3. The number of carboxylic acid groups (broad SMARTS) is 1. The Morgan fingerprint density at radius 1 is 1.38 bits per heavy atom. The summed E-state index contributed by atoms with van der Waals surface area (Å²) < 4.78 is 7.15. The molecule has 0 aliphatic rings. The lowest BCUT2D eigenvalue weighted by Crippen LogP contribution is -2.00. The molecule has 0 atom stereocenters. The molecule has 6 nitrogen and oxygen atoms in total. The molecule has 0 saturated heterocycles. The Morgan fingerprint density at radius 2 is 2.19 bits per heavy atom. The summed E-state index contributed by atoms with van der Waals surface area (Å²) in [6, 6.07) is 7.71. The quantitative estimate of drug-likeness (QED) is 0.777. The van der Waals surface area contributed by atoms with Crippen LogP contribution in [-0.4, -0.2) is 25.8 Å². The monoisotopic (exact) mass is 285 g/mol. The summed E-state index contributed by atoms with van der Waals surface area (Å²) in [6.07, 6.45) is 2.56. The first-order chi connectivity index (χ1) is 10.2. The fourth-order valence-corrected chi connectivity index (χ4v) is 2.40. The highest BCUT2D eigenvalue weighted by Crippen LogP contribution is 2.22. The van der Waals surface area contributed by atoms with E-state index < -0.39 is 5.97 Å². The van der Waals surface area contributed by atoms with E-state index in [0.717, 1.165) is 22.9 Å². The zero-order valence-electron chi connectivity index (χ0n) is 11.6. The van der Waals surface area contributed by atoms with Gasteiger partial charge in [-0.15, -0.1) is 0 Å². The van der Waals surface area contributed by atoms with E-state index in [-0.39, 0.29) is 6.42 Å². The Morgan fingerprint density at radius 3 is 2.90 bits per heavy atom. The first-order valence-corrected chi connectivity index (χ1v) is 6.77. The number of hydrogen-bond donors (Lipinski definition) is 1. The number of carbonyl (C=O) groups is 1. The van der Waals surface area contributed by atoms with Gasteiger partial charge in [-0.3, -0.25) is 4.79 Å². The van der Waals surface area contributed by atoms with E-state index in [1.165, 1.54) is 0 Å². The highest BCUT2D eigenvalue weighted by atomic mass is 16.5. The third-order valence-electron chi connectivity index (χ3n) is 3.34. The van der Waals surface area contributed by atoms with Gasteiger partial charge in [-0.25, -0.2) is 0 Å². The first kappa shape index (κ1) is 13.4. The number of fused-ring (bicyclic) bond motifs is 1. The number of rotatable bonds is 5. The van der Waals surface area contributed by atoms with Crippen LogP contribution in [0.15, 0.2) is 35.0 Å². The molecule has 21 heavy (non-hydrogen) atoms. The second kappa shape index (κ2) is 5.40. The fourth-order valence-electron chi connectivity index (χ4n) is 2.40. The number of carboxylic acids is 1. The van der Waals surface area contributed by atoms with Crippen LogP contribution in [0, 0.1) is 0 Å². The van der Waals surface area contributed by atoms with Crippen LogP contribution < -0.4 is 0 Å². The average Bonchev–Trinajstić information content (AvgIpc) is 3.05. The van der Waals surface area contributed by atoms with Crippen LogP contribution in [-0.2, 0) is 24.2 Å². The smallest absolute Gasteiger partial charge is 0.307 e. The van der Waals surface area contributed by atoms with Crippen LogP contribution >= 0.6 is 0 Å². The highest BCUT2D eigenvalue weighted by Gasteiger charge is 2.13. The van der Waals surface area contributed by atoms with Gasteiger partial charge in [-0.1, -0.05) is 30.3 Å². The number of aliphatic carboxylic acids is 1. The highest BCUT2D eigenvalue weighted by molar-refractivity contribution is 5.87. The van der Waals surface area contributed by atoms with Crippen molar-refractivity contribution in [3.63, 3.8) is 0 Å². The molecule has 108 valence electrons. The maximum atomic E-state index is 11.0. The number of para-hydroxylation sites is 1. The summed E-state index contributed by atoms with van der Waals surface area (Å²) in [6.45, 7) is 2.40. The van der Waals surface area contributed by atoms with Crippen molar-refractivity contribution in [1.29, 1.82) is 0 Å². The zero-order chi connectivity index (χ0) is 14.8. The lowest BCUT2D eigenvalue weighted by molar-refractivity contribution is -0.136. The first-order valence-electron chi connectivity index (χ1n) is 6.77. The lowest BCUT2D eigenvalue weighted by Gasteiger charge is -2.00. The third-order valence-corrected chi connectivity index (χ3v) is 3.34. The van der Waals surface area contributed by atoms with E-state index >= 15 is 0 Å². The Bertz CT molecular complexity index is 788. The largest absolute Gasteiger partial charge is 0.481 e. The Balaban J connectivity index is 1.99. The summed E-state index contributed by atoms with van der Waals surface area (Å²) in [4.78, 5) is 15.3. The van der Waals surface area contributed by atoms with Gasteiger partial charge in [-0.05, 0) is 11.6 Å². The molecule has 1 N–H and O–H groups in total. The van der Waals surface area contributed by atoms with Crippen LogP contribution in [0.25, 0.3) is 10.9 Å². The van der Waals surface area contributed by atoms with Gasteiger partial charge in [0.2, 0.25) is 5.89 Å². The minimum Gasteiger partial charge on any atom is -0.481 e. The van der Waals surface area contributed by atoms with E-state index in [4.69, 9.17) is 9.63 Å². The Labute approximate surface area is 121 Å². The number of aromatic nitrogens is 3. The number of aryl methyl sites for hydroxylation is 1. The van der Waals surface area contributed by atoms with Gasteiger partial charge in [0.25, 0.3) is 0 Å². The predicted octanol–water partition coefficient (Wildman–Crippen LogP) is 2.26. The maximum Gasteiger partial charge on any atom is 0.307 e. The van der Waals surface area contributed by atoms with Crippen molar-refractivity contribution < 1.29 is 14.4 Å². The van der Waals surface area contributed by atoms with Crippen LogP contribution in [0.3, 0.4) is 0 Å². The van der Waals surface area contributed by atoms with Crippen LogP contribution in [0.4, 0.5) is 0 Å². The van der Waals surface area contributed by atoms with E-state index in [9.17, 15) is 4.79 Å². The topological polar surface area (TPSA) is 81.2 Å². The van der Waals surface area contributed by atoms with E-state index in [0.29, 0.717) is 18.3 Å². The molecule has 0 aliphatic carbocycles. The Hall–Kier alpha value is -2.63. The van der Waals surface area contributed by atoms with Crippen molar-refractivity contribution in [2.75, 3.05) is 0 Å². The van der Waals surface area contributed by atoms with Crippen molar-refractivity contribution in [2.45, 2.75) is 26.3 Å². The molecule has 0 amide bonds. The van der Waals surface area contributed by atoms with Gasteiger partial charge in [0, 0.05) is 23.5 Å². The summed E-state index contributed by atoms with van der Waals surface area (Å²) >= 11 is 0. The fraction of sp³-hybridized carbons (Fsp3) is 0.267. The molecule has 2 aromatic heterocycles. The summed E-state index contributed by atoms with van der Waals surface area (Å²) in [5.74, 6) is 0.352. The summed E-state index contributed by atoms with van der Waals surface area (Å²) in [7, 11) is 0. The molecule has 1 aromatic carbocycles. The SMILES string of the molecule is CCc1noc(Cn2cc(CC(=O)O)c3ccccc32)n1. The van der Waals surface area contributed by atoms with Crippen molar-refractivity contribution in [1.82, 2.24) is 14.7 Å². The molecule has 0 radical (unpaired) electrons. The molecule has 3 aromatic rings. The molecule has 0 bridgehead atoms. The van der Waals surface area contributed by atoms with Gasteiger partial charge in [-0.2, -0.15) is 4.98 Å². The van der Waals surface area contributed by atoms with Crippen LogP contribution in [0.1, 0.15) is 24.2 Å². The van der Waals surface area contributed by atoms with Crippen molar-refractivity contribution in [2.24, 2.45) is 0 Å². The van der Waals surface area contributed by atoms with Crippen molar-refractivity contribution in [3.8, 4) is 0 Å². The molecule has 0 fully saturated rings. The summed E-state index contributed by atoms with van der Waals surface area (Å²) in [5, 5.41) is 13.8. The third kappa shape index (κ3) is 2.65. The standard InChI is InChI=1S/C15H15N3O3/c1-2-13-16-14(21-17-13)9-18-8-10(7-15(19)20)11-5-3-4-6-12(11)18/h3-6,8H,2,7,9H2,1H3,(H,19,20). The molecule has 3 rings (SSSR count). The van der Waals surface area contributed by atoms with Crippen LogP contribution in [0.2, 0.25) is 0 Å². The molecular weight excluding hydrogens is 270 g/mol. The summed E-state index contributed by atoms with van der Waals surface area (Å²) in [5.41, 5.74) is 1.75.